The van der Waals surface area contributed by atoms with Crippen LogP contribution in [0, 0.1) is 0 Å². The van der Waals surface area contributed by atoms with Gasteiger partial charge in [-0.2, -0.15) is 0 Å². The van der Waals surface area contributed by atoms with Crippen molar-refractivity contribution in [3.05, 3.63) is 0 Å². The fourth-order valence-electron chi connectivity index (χ4n) is 1.67. The summed E-state index contributed by atoms with van der Waals surface area (Å²) >= 11 is 0. The number of carboxylic acids is 1. The predicted molar refractivity (Wildman–Crippen MR) is 45.5 cm³/mol. The summed E-state index contributed by atoms with van der Waals surface area (Å²) in [5, 5.41) is 17.6. The number of aliphatic hydroxyl groups is 1. The highest BCUT2D eigenvalue weighted by molar-refractivity contribution is 5.69. The summed E-state index contributed by atoms with van der Waals surface area (Å²) in [6.07, 6.45) is 0.761. The van der Waals surface area contributed by atoms with Crippen LogP contribution in [0.15, 0.2) is 0 Å². The van der Waals surface area contributed by atoms with Gasteiger partial charge in [0.25, 0.3) is 0 Å². The van der Waals surface area contributed by atoms with E-state index >= 15 is 0 Å². The Labute approximate surface area is 76.9 Å². The van der Waals surface area contributed by atoms with E-state index in [1.165, 1.54) is 0 Å². The van der Waals surface area contributed by atoms with Gasteiger partial charge >= 0.3 is 5.97 Å². The molecule has 0 aromatic rings. The van der Waals surface area contributed by atoms with Crippen LogP contribution in [0.4, 0.5) is 0 Å². The molecule has 13 heavy (non-hydrogen) atoms. The van der Waals surface area contributed by atoms with Gasteiger partial charge in [0.15, 0.2) is 0 Å². The minimum absolute atomic E-state index is 0.00681. The fourth-order valence-corrected chi connectivity index (χ4v) is 1.67. The lowest BCUT2D eigenvalue weighted by molar-refractivity contribution is -0.138. The maximum atomic E-state index is 10.4. The van der Waals surface area contributed by atoms with Crippen LogP contribution in [-0.4, -0.2) is 60.0 Å². The monoisotopic (exact) mass is 189 g/mol. The molecule has 1 fully saturated rings. The predicted octanol–water partition coefficient (Wildman–Crippen LogP) is -0.847. The largest absolute Gasteiger partial charge is 0.480 e. The molecule has 1 saturated heterocycles. The van der Waals surface area contributed by atoms with Gasteiger partial charge in [0, 0.05) is 19.7 Å². The van der Waals surface area contributed by atoms with Crippen LogP contribution in [0.5, 0.6) is 0 Å². The van der Waals surface area contributed by atoms with E-state index in [4.69, 9.17) is 14.9 Å². The first-order chi connectivity index (χ1) is 6.17. The first-order valence-electron chi connectivity index (χ1n) is 4.27. The van der Waals surface area contributed by atoms with Crippen molar-refractivity contribution < 1.29 is 19.7 Å². The van der Waals surface area contributed by atoms with E-state index in [2.05, 4.69) is 0 Å². The number of hydrogen-bond donors (Lipinski definition) is 2. The molecule has 5 nitrogen and oxygen atoms in total. The lowest BCUT2D eigenvalue weighted by atomic mass is 10.2. The number of nitrogens with zero attached hydrogens (tertiary/aromatic N) is 1. The maximum Gasteiger partial charge on any atom is 0.317 e. The van der Waals surface area contributed by atoms with Crippen LogP contribution in [-0.2, 0) is 9.53 Å². The first kappa shape index (κ1) is 10.4. The third-order valence-electron chi connectivity index (χ3n) is 2.37. The number of methoxy groups -OCH3 is 1. The van der Waals surface area contributed by atoms with Crippen molar-refractivity contribution in [3.63, 3.8) is 0 Å². The smallest absolute Gasteiger partial charge is 0.317 e. The SMILES string of the molecule is COC1CC(CO)N(CC(=O)O)C1. The Morgan fingerprint density at radius 2 is 2.38 bits per heavy atom. The Bertz CT molecular complexity index is 185. The minimum Gasteiger partial charge on any atom is -0.480 e. The molecule has 2 atom stereocenters. The minimum atomic E-state index is -0.866. The maximum absolute atomic E-state index is 10.4. The number of rotatable bonds is 4. The van der Waals surface area contributed by atoms with Crippen LogP contribution in [0.25, 0.3) is 0 Å². The Balaban J connectivity index is 2.47. The van der Waals surface area contributed by atoms with Gasteiger partial charge in [-0.15, -0.1) is 0 Å². The second kappa shape index (κ2) is 4.55. The van der Waals surface area contributed by atoms with Gasteiger partial charge in [-0.05, 0) is 6.42 Å². The van der Waals surface area contributed by atoms with Crippen LogP contribution in [0.3, 0.4) is 0 Å². The van der Waals surface area contributed by atoms with Crippen molar-refractivity contribution in [2.45, 2.75) is 18.6 Å². The molecule has 0 aromatic heterocycles. The molecule has 0 radical (unpaired) electrons. The van der Waals surface area contributed by atoms with Gasteiger partial charge < -0.3 is 14.9 Å². The molecule has 0 aromatic carbocycles. The van der Waals surface area contributed by atoms with Gasteiger partial charge in [0.2, 0.25) is 0 Å². The Morgan fingerprint density at radius 1 is 1.69 bits per heavy atom. The number of carbonyl (C=O) groups is 1. The van der Waals surface area contributed by atoms with Crippen molar-refractivity contribution >= 4 is 5.97 Å². The molecule has 0 bridgehead atoms. The van der Waals surface area contributed by atoms with Crippen LogP contribution in [0.2, 0.25) is 0 Å². The summed E-state index contributed by atoms with van der Waals surface area (Å²) in [4.78, 5) is 12.2. The number of carboxylic acid groups (broad SMARTS) is 1. The summed E-state index contributed by atoms with van der Waals surface area (Å²) in [5.41, 5.74) is 0. The molecule has 0 saturated carbocycles. The average Bonchev–Trinajstić information content (AvgIpc) is 2.46. The summed E-state index contributed by atoms with van der Waals surface area (Å²) in [5.74, 6) is -0.866. The average molecular weight is 189 g/mol. The zero-order chi connectivity index (χ0) is 9.84. The molecule has 0 spiro atoms. The summed E-state index contributed by atoms with van der Waals surface area (Å²) in [7, 11) is 1.60. The van der Waals surface area contributed by atoms with Crippen molar-refractivity contribution in [1.29, 1.82) is 0 Å². The quantitative estimate of drug-likeness (QED) is 0.603. The third kappa shape index (κ3) is 2.65. The zero-order valence-electron chi connectivity index (χ0n) is 7.64. The third-order valence-corrected chi connectivity index (χ3v) is 2.37. The number of likely N-dealkylation sites (tertiary alicyclic amines) is 1. The molecule has 0 aliphatic carbocycles. The normalized spacial score (nSPS) is 29.4. The molecule has 1 aliphatic heterocycles. The van der Waals surface area contributed by atoms with Crippen LogP contribution in [0.1, 0.15) is 6.42 Å². The highest BCUT2D eigenvalue weighted by Crippen LogP contribution is 2.18. The van der Waals surface area contributed by atoms with E-state index in [9.17, 15) is 4.79 Å². The molecule has 5 heteroatoms. The van der Waals surface area contributed by atoms with Crippen molar-refractivity contribution in [2.24, 2.45) is 0 Å². The van der Waals surface area contributed by atoms with Gasteiger partial charge in [-0.25, -0.2) is 0 Å². The number of hydrogen-bond acceptors (Lipinski definition) is 4. The molecule has 1 rings (SSSR count). The Kier molecular flexibility index (Phi) is 3.65. The second-order valence-electron chi connectivity index (χ2n) is 3.25. The zero-order valence-corrected chi connectivity index (χ0v) is 7.64. The molecular weight excluding hydrogens is 174 g/mol. The topological polar surface area (TPSA) is 70.0 Å². The van der Waals surface area contributed by atoms with E-state index in [0.29, 0.717) is 13.0 Å². The van der Waals surface area contributed by atoms with Gasteiger partial charge in [0.1, 0.15) is 0 Å². The fraction of sp³-hybridized carbons (Fsp3) is 0.875. The molecule has 0 amide bonds. The Hall–Kier alpha value is -0.650. The number of aliphatic carboxylic acids is 1. The van der Waals surface area contributed by atoms with E-state index < -0.39 is 5.97 Å². The van der Waals surface area contributed by atoms with E-state index in [1.54, 1.807) is 12.0 Å². The number of aliphatic hydroxyl groups excluding tert-OH is 1. The molecule has 1 heterocycles. The summed E-state index contributed by atoms with van der Waals surface area (Å²) in [6.45, 7) is 0.562. The van der Waals surface area contributed by atoms with Gasteiger partial charge in [-0.1, -0.05) is 0 Å². The van der Waals surface area contributed by atoms with E-state index in [-0.39, 0.29) is 25.3 Å². The van der Waals surface area contributed by atoms with Gasteiger partial charge in [0.05, 0.1) is 19.3 Å². The highest BCUT2D eigenvalue weighted by Gasteiger charge is 2.32. The van der Waals surface area contributed by atoms with E-state index in [0.717, 1.165) is 0 Å². The Morgan fingerprint density at radius 3 is 2.85 bits per heavy atom. The van der Waals surface area contributed by atoms with Gasteiger partial charge in [-0.3, -0.25) is 9.69 Å². The van der Waals surface area contributed by atoms with Crippen molar-refractivity contribution in [3.8, 4) is 0 Å². The molecule has 2 unspecified atom stereocenters. The van der Waals surface area contributed by atoms with Crippen molar-refractivity contribution in [2.75, 3.05) is 26.8 Å². The molecule has 2 N–H and O–H groups in total. The van der Waals surface area contributed by atoms with Crippen LogP contribution >= 0.6 is 0 Å². The summed E-state index contributed by atoms with van der Waals surface area (Å²) in [6, 6.07) is -0.0685. The lowest BCUT2D eigenvalue weighted by Crippen LogP contribution is -2.36. The number of ether oxygens (including phenoxy) is 1. The van der Waals surface area contributed by atoms with E-state index in [1.807, 2.05) is 0 Å². The summed E-state index contributed by atoms with van der Waals surface area (Å²) < 4.78 is 5.11. The first-order valence-corrected chi connectivity index (χ1v) is 4.27. The lowest BCUT2D eigenvalue weighted by Gasteiger charge is -2.19. The van der Waals surface area contributed by atoms with Crippen LogP contribution < -0.4 is 0 Å². The molecule has 76 valence electrons. The second-order valence-corrected chi connectivity index (χ2v) is 3.25. The standard InChI is InChI=1S/C8H15NO4/c1-13-7-2-6(5-10)9(3-7)4-8(11)12/h6-7,10H,2-5H2,1H3,(H,11,12). The molecular formula is C8H15NO4. The van der Waals surface area contributed by atoms with Crippen molar-refractivity contribution in [1.82, 2.24) is 4.90 Å². The highest BCUT2D eigenvalue weighted by atomic mass is 16.5. The molecule has 1 aliphatic rings.